The quantitative estimate of drug-likeness (QED) is 0.413. The number of nitrogens with one attached hydrogen (secondary N) is 2. The van der Waals surface area contributed by atoms with Crippen molar-refractivity contribution < 1.29 is 24.8 Å². The van der Waals surface area contributed by atoms with Crippen molar-refractivity contribution in [2.45, 2.75) is 0 Å². The second-order valence-electron chi connectivity index (χ2n) is 3.52. The van der Waals surface area contributed by atoms with Crippen LogP contribution in [0.2, 0.25) is 0 Å². The third kappa shape index (κ3) is 3.71. The molecule has 5 heteroatoms. The van der Waals surface area contributed by atoms with Gasteiger partial charge in [0.05, 0.1) is 12.6 Å². The molecule has 1 aliphatic heterocycles. The molecular formula is C8H17N2O3+. The number of carboxylic acids is 1. The minimum atomic E-state index is -0.972. The lowest BCUT2D eigenvalue weighted by Gasteiger charge is -2.29. The van der Waals surface area contributed by atoms with E-state index >= 15 is 0 Å². The van der Waals surface area contributed by atoms with E-state index in [-0.39, 0.29) is 13.2 Å². The standard InChI is InChI=1S/C8H16N2O3/c11-6-5-9-1-3-10(4-2-9)7-8(12)13/h11H,1-7H2,(H,12,13)/p+1. The Morgan fingerprint density at radius 1 is 1.23 bits per heavy atom. The van der Waals surface area contributed by atoms with Crippen molar-refractivity contribution in [1.82, 2.24) is 0 Å². The van der Waals surface area contributed by atoms with Crippen LogP contribution in [-0.4, -0.2) is 57.0 Å². The number of carbonyl (C=O) groups is 1. The summed E-state index contributed by atoms with van der Waals surface area (Å²) in [5.41, 5.74) is 0. The number of rotatable bonds is 4. The smallest absolute Gasteiger partial charge is 0.127 e. The van der Waals surface area contributed by atoms with E-state index in [1.165, 1.54) is 4.90 Å². The third-order valence-electron chi connectivity index (χ3n) is 2.52. The van der Waals surface area contributed by atoms with Crippen molar-refractivity contribution in [3.63, 3.8) is 0 Å². The fourth-order valence-corrected chi connectivity index (χ4v) is 1.75. The van der Waals surface area contributed by atoms with Gasteiger partial charge in [-0.15, -0.1) is 0 Å². The van der Waals surface area contributed by atoms with Crippen LogP contribution in [0, 0.1) is 0 Å². The highest BCUT2D eigenvalue weighted by atomic mass is 16.4. The van der Waals surface area contributed by atoms with Crippen LogP contribution in [0.5, 0.6) is 0 Å². The van der Waals surface area contributed by atoms with E-state index in [1.54, 1.807) is 0 Å². The predicted molar refractivity (Wildman–Crippen MR) is 43.2 cm³/mol. The maximum absolute atomic E-state index is 10.3. The van der Waals surface area contributed by atoms with Gasteiger partial charge in [-0.05, 0) is 0 Å². The molecule has 0 radical (unpaired) electrons. The Balaban J connectivity index is 2.18. The number of hydrogen-bond donors (Lipinski definition) is 3. The van der Waals surface area contributed by atoms with Gasteiger partial charge in [-0.25, -0.2) is 0 Å². The van der Waals surface area contributed by atoms with Crippen molar-refractivity contribution in [2.75, 3.05) is 45.9 Å². The van der Waals surface area contributed by atoms with Crippen LogP contribution in [0.15, 0.2) is 0 Å². The average Bonchev–Trinajstić information content (AvgIpc) is 2.08. The summed E-state index contributed by atoms with van der Waals surface area (Å²) in [5, 5.41) is 19.0. The number of aliphatic carboxylic acids is 1. The molecule has 0 spiro atoms. The fourth-order valence-electron chi connectivity index (χ4n) is 1.75. The van der Waals surface area contributed by atoms with Crippen LogP contribution < -0.4 is 14.9 Å². The zero-order valence-corrected chi connectivity index (χ0v) is 7.71. The first kappa shape index (κ1) is 10.4. The number of carbonyl (C=O) groups excluding carboxylic acids is 1. The summed E-state index contributed by atoms with van der Waals surface area (Å²) in [6.45, 7) is 4.73. The van der Waals surface area contributed by atoms with Crippen LogP contribution >= 0.6 is 0 Å². The fraction of sp³-hybridized carbons (Fsp3) is 0.875. The molecule has 1 fully saturated rings. The molecule has 0 bridgehead atoms. The van der Waals surface area contributed by atoms with Crippen molar-refractivity contribution in [3.05, 3.63) is 0 Å². The molecule has 1 heterocycles. The Kier molecular flexibility index (Phi) is 4.14. The second-order valence-corrected chi connectivity index (χ2v) is 3.52. The predicted octanol–water partition coefficient (Wildman–Crippen LogP) is -5.49. The number of hydrogen-bond acceptors (Lipinski definition) is 3. The molecule has 0 unspecified atom stereocenters. The molecule has 1 rings (SSSR count). The highest BCUT2D eigenvalue weighted by Crippen LogP contribution is 1.60. The van der Waals surface area contributed by atoms with Gasteiger partial charge in [-0.2, -0.15) is 0 Å². The first-order valence-electron chi connectivity index (χ1n) is 4.70. The first-order valence-corrected chi connectivity index (χ1v) is 4.70. The summed E-state index contributed by atoms with van der Waals surface area (Å²) in [6.07, 6.45) is 0. The minimum Gasteiger partial charge on any atom is -0.544 e. The third-order valence-corrected chi connectivity index (χ3v) is 2.52. The topological polar surface area (TPSA) is 69.2 Å². The van der Waals surface area contributed by atoms with E-state index in [4.69, 9.17) is 5.11 Å². The monoisotopic (exact) mass is 189 g/mol. The van der Waals surface area contributed by atoms with E-state index in [2.05, 4.69) is 0 Å². The molecular weight excluding hydrogens is 172 g/mol. The molecule has 5 nitrogen and oxygen atoms in total. The molecule has 13 heavy (non-hydrogen) atoms. The van der Waals surface area contributed by atoms with Crippen molar-refractivity contribution in [1.29, 1.82) is 0 Å². The van der Waals surface area contributed by atoms with Crippen LogP contribution in [0.3, 0.4) is 0 Å². The van der Waals surface area contributed by atoms with Gasteiger partial charge in [0.1, 0.15) is 39.3 Å². The maximum atomic E-state index is 10.3. The molecule has 0 aromatic heterocycles. The van der Waals surface area contributed by atoms with Crippen molar-refractivity contribution in [3.8, 4) is 0 Å². The number of aliphatic hydroxyl groups is 1. The Hall–Kier alpha value is -0.650. The highest BCUT2D eigenvalue weighted by molar-refractivity contribution is 5.65. The SMILES string of the molecule is O=C([O-])C[NH+]1CC[NH+](CCO)CC1. The van der Waals surface area contributed by atoms with Gasteiger partial charge in [0.25, 0.3) is 0 Å². The van der Waals surface area contributed by atoms with Gasteiger partial charge < -0.3 is 24.8 Å². The normalized spacial score (nSPS) is 28.7. The van der Waals surface area contributed by atoms with Crippen LogP contribution in [-0.2, 0) is 4.79 Å². The lowest BCUT2D eigenvalue weighted by Crippen LogP contribution is -3.28. The summed E-state index contributed by atoms with van der Waals surface area (Å²) >= 11 is 0. The molecule has 0 atom stereocenters. The lowest BCUT2D eigenvalue weighted by atomic mass is 10.3. The zero-order chi connectivity index (χ0) is 9.68. The molecule has 0 amide bonds. The molecule has 1 saturated heterocycles. The maximum Gasteiger partial charge on any atom is 0.127 e. The van der Waals surface area contributed by atoms with Crippen LogP contribution in [0.25, 0.3) is 0 Å². The molecule has 0 aromatic carbocycles. The Morgan fingerprint density at radius 2 is 1.77 bits per heavy atom. The summed E-state index contributed by atoms with van der Waals surface area (Å²) in [6, 6.07) is 0. The summed E-state index contributed by atoms with van der Waals surface area (Å²) in [7, 11) is 0. The summed E-state index contributed by atoms with van der Waals surface area (Å²) in [4.78, 5) is 12.7. The number of quaternary nitrogens is 2. The van der Waals surface area contributed by atoms with Gasteiger partial charge in [0.15, 0.2) is 0 Å². The Labute approximate surface area is 77.6 Å². The minimum absolute atomic E-state index is 0.117. The van der Waals surface area contributed by atoms with Gasteiger partial charge in [-0.3, -0.25) is 0 Å². The van der Waals surface area contributed by atoms with Gasteiger partial charge in [-0.1, -0.05) is 0 Å². The summed E-state index contributed by atoms with van der Waals surface area (Å²) < 4.78 is 0. The number of aliphatic hydroxyl groups excluding tert-OH is 1. The van der Waals surface area contributed by atoms with Crippen LogP contribution in [0.1, 0.15) is 0 Å². The van der Waals surface area contributed by atoms with E-state index in [9.17, 15) is 9.90 Å². The van der Waals surface area contributed by atoms with E-state index in [1.807, 2.05) is 0 Å². The molecule has 1 aliphatic rings. The van der Waals surface area contributed by atoms with Gasteiger partial charge in [0, 0.05) is 0 Å². The van der Waals surface area contributed by atoms with Crippen molar-refractivity contribution in [2.24, 2.45) is 0 Å². The van der Waals surface area contributed by atoms with Crippen molar-refractivity contribution >= 4 is 5.97 Å². The summed E-state index contributed by atoms with van der Waals surface area (Å²) in [5.74, 6) is -0.972. The Morgan fingerprint density at radius 3 is 2.23 bits per heavy atom. The largest absolute Gasteiger partial charge is 0.544 e. The molecule has 76 valence electrons. The first-order chi connectivity index (χ1) is 6.22. The van der Waals surface area contributed by atoms with E-state index in [0.29, 0.717) is 0 Å². The van der Waals surface area contributed by atoms with Gasteiger partial charge in [0.2, 0.25) is 0 Å². The highest BCUT2D eigenvalue weighted by Gasteiger charge is 2.21. The Bertz CT molecular complexity index is 167. The molecule has 0 aromatic rings. The number of piperazine rings is 1. The lowest BCUT2D eigenvalue weighted by molar-refractivity contribution is -1.01. The van der Waals surface area contributed by atoms with Gasteiger partial charge >= 0.3 is 0 Å². The van der Waals surface area contributed by atoms with E-state index < -0.39 is 5.97 Å². The molecule has 0 saturated carbocycles. The zero-order valence-electron chi connectivity index (χ0n) is 7.71. The number of carboxylic acid groups (broad SMARTS) is 1. The van der Waals surface area contributed by atoms with E-state index in [0.717, 1.165) is 37.6 Å². The average molecular weight is 189 g/mol. The van der Waals surface area contributed by atoms with Crippen LogP contribution in [0.4, 0.5) is 0 Å². The second kappa shape index (κ2) is 5.16. The molecule has 0 aliphatic carbocycles. The molecule has 3 N–H and O–H groups in total.